The van der Waals surface area contributed by atoms with Crippen molar-refractivity contribution < 1.29 is 9.90 Å². The third-order valence-corrected chi connectivity index (χ3v) is 6.48. The molecule has 0 aliphatic heterocycles. The minimum Gasteiger partial charge on any atom is -0.480 e. The number of carboxylic acid groups (broad SMARTS) is 1. The molecule has 5 nitrogen and oxygen atoms in total. The Balaban J connectivity index is 1.87. The summed E-state index contributed by atoms with van der Waals surface area (Å²) in [6, 6.07) is 9.80. The van der Waals surface area contributed by atoms with Gasteiger partial charge in [0, 0.05) is 29.0 Å². The van der Waals surface area contributed by atoms with Gasteiger partial charge >= 0.3 is 5.97 Å². The standard InChI is InChI=1S/C20H17N3O2S/c1-13-9-17-14(10-21)3-4-16(23(17)12-13)15-11-22-8-5-18(15)26-20(19(24)25)6-2-7-20/h3-5,8-9,11-12H,2,6-7H2,1H3,(H,24,25). The number of nitrogens with zero attached hydrogens (tertiary/aromatic N) is 3. The first-order valence-corrected chi connectivity index (χ1v) is 9.24. The molecule has 6 heteroatoms. The van der Waals surface area contributed by atoms with E-state index in [9.17, 15) is 15.2 Å². The molecule has 0 aromatic carbocycles. The van der Waals surface area contributed by atoms with E-state index < -0.39 is 10.7 Å². The first-order valence-electron chi connectivity index (χ1n) is 8.43. The van der Waals surface area contributed by atoms with Gasteiger partial charge in [0.2, 0.25) is 0 Å². The molecule has 26 heavy (non-hydrogen) atoms. The molecule has 0 spiro atoms. The largest absolute Gasteiger partial charge is 0.480 e. The molecule has 1 aliphatic carbocycles. The van der Waals surface area contributed by atoms with E-state index in [0.29, 0.717) is 18.4 Å². The summed E-state index contributed by atoms with van der Waals surface area (Å²) in [5, 5.41) is 19.0. The monoisotopic (exact) mass is 363 g/mol. The zero-order valence-corrected chi connectivity index (χ0v) is 15.1. The van der Waals surface area contributed by atoms with Gasteiger partial charge in [0.05, 0.1) is 16.8 Å². The third kappa shape index (κ3) is 2.56. The smallest absolute Gasteiger partial charge is 0.320 e. The lowest BCUT2D eigenvalue weighted by Crippen LogP contribution is -2.41. The van der Waals surface area contributed by atoms with Crippen molar-refractivity contribution >= 4 is 23.2 Å². The van der Waals surface area contributed by atoms with Crippen LogP contribution in [-0.4, -0.2) is 25.2 Å². The number of pyridine rings is 2. The van der Waals surface area contributed by atoms with Gasteiger partial charge in [0.25, 0.3) is 0 Å². The molecule has 3 heterocycles. The van der Waals surface area contributed by atoms with Crippen LogP contribution < -0.4 is 0 Å². The minimum atomic E-state index is -0.752. The van der Waals surface area contributed by atoms with Crippen LogP contribution in [0.15, 0.2) is 47.8 Å². The maximum Gasteiger partial charge on any atom is 0.320 e. The molecule has 0 saturated heterocycles. The Hall–Kier alpha value is -2.78. The summed E-state index contributed by atoms with van der Waals surface area (Å²) in [7, 11) is 0. The minimum absolute atomic E-state index is 0.612. The Kier molecular flexibility index (Phi) is 3.97. The summed E-state index contributed by atoms with van der Waals surface area (Å²) in [5.41, 5.74) is 4.31. The van der Waals surface area contributed by atoms with Crippen LogP contribution in [0.3, 0.4) is 0 Å². The maximum absolute atomic E-state index is 11.8. The van der Waals surface area contributed by atoms with E-state index in [4.69, 9.17) is 0 Å². The molecule has 1 saturated carbocycles. The molecule has 4 rings (SSSR count). The lowest BCUT2D eigenvalue weighted by atomic mass is 9.84. The van der Waals surface area contributed by atoms with E-state index >= 15 is 0 Å². The predicted octanol–water partition coefficient (Wildman–Crippen LogP) is 4.28. The van der Waals surface area contributed by atoms with Crippen LogP contribution in [0.25, 0.3) is 16.8 Å². The van der Waals surface area contributed by atoms with Gasteiger partial charge in [0.15, 0.2) is 0 Å². The van der Waals surface area contributed by atoms with Gasteiger partial charge in [-0.1, -0.05) is 0 Å². The summed E-state index contributed by atoms with van der Waals surface area (Å²) in [4.78, 5) is 16.9. The van der Waals surface area contributed by atoms with Crippen molar-refractivity contribution in [2.45, 2.75) is 35.8 Å². The molecular weight excluding hydrogens is 346 g/mol. The highest BCUT2D eigenvalue weighted by molar-refractivity contribution is 8.01. The van der Waals surface area contributed by atoms with Crippen LogP contribution >= 0.6 is 11.8 Å². The molecule has 0 unspecified atom stereocenters. The molecule has 3 aromatic rings. The van der Waals surface area contributed by atoms with Crippen molar-refractivity contribution in [2.75, 3.05) is 0 Å². The summed E-state index contributed by atoms with van der Waals surface area (Å²) >= 11 is 1.41. The Morgan fingerprint density at radius 1 is 1.38 bits per heavy atom. The first kappa shape index (κ1) is 16.7. The highest BCUT2D eigenvalue weighted by atomic mass is 32.2. The zero-order valence-electron chi connectivity index (χ0n) is 14.3. The number of carboxylic acids is 1. The second kappa shape index (κ2) is 6.19. The SMILES string of the molecule is Cc1cc2c(C#N)ccc(-c3cnccc3SC3(C(=O)O)CCC3)n2c1. The van der Waals surface area contributed by atoms with Crippen LogP contribution in [0.5, 0.6) is 0 Å². The highest BCUT2D eigenvalue weighted by Crippen LogP contribution is 2.49. The summed E-state index contributed by atoms with van der Waals surface area (Å²) in [6.45, 7) is 1.99. The summed E-state index contributed by atoms with van der Waals surface area (Å²) in [6.07, 6.45) is 7.76. The second-order valence-electron chi connectivity index (χ2n) is 6.64. The van der Waals surface area contributed by atoms with Crippen molar-refractivity contribution in [3.63, 3.8) is 0 Å². The van der Waals surface area contributed by atoms with Gasteiger partial charge in [-0.2, -0.15) is 5.26 Å². The Morgan fingerprint density at radius 2 is 2.19 bits per heavy atom. The molecule has 0 atom stereocenters. The van der Waals surface area contributed by atoms with Crippen LogP contribution in [0, 0.1) is 18.3 Å². The molecule has 0 bridgehead atoms. The average Bonchev–Trinajstić information content (AvgIpc) is 2.98. The fraction of sp³-hybridized carbons (Fsp3) is 0.250. The number of aryl methyl sites for hydroxylation is 1. The van der Waals surface area contributed by atoms with Crippen molar-refractivity contribution in [1.29, 1.82) is 5.26 Å². The molecule has 3 aromatic heterocycles. The Labute approximate surface area is 155 Å². The highest BCUT2D eigenvalue weighted by Gasteiger charge is 2.45. The number of hydrogen-bond donors (Lipinski definition) is 1. The predicted molar refractivity (Wildman–Crippen MR) is 100 cm³/mol. The Bertz CT molecular complexity index is 1060. The molecule has 0 radical (unpaired) electrons. The van der Waals surface area contributed by atoms with Gasteiger partial charge < -0.3 is 9.51 Å². The van der Waals surface area contributed by atoms with Crippen molar-refractivity contribution in [1.82, 2.24) is 9.38 Å². The van der Waals surface area contributed by atoms with E-state index in [-0.39, 0.29) is 0 Å². The van der Waals surface area contributed by atoms with Crippen molar-refractivity contribution in [2.24, 2.45) is 0 Å². The number of carbonyl (C=O) groups is 1. The van der Waals surface area contributed by atoms with Crippen LogP contribution in [0.4, 0.5) is 0 Å². The molecular formula is C20H17N3O2S. The molecule has 0 amide bonds. The summed E-state index contributed by atoms with van der Waals surface area (Å²) < 4.78 is 1.25. The van der Waals surface area contributed by atoms with Gasteiger partial charge in [0.1, 0.15) is 10.8 Å². The number of aliphatic carboxylic acids is 1. The third-order valence-electron chi connectivity index (χ3n) is 4.93. The van der Waals surface area contributed by atoms with E-state index in [1.54, 1.807) is 12.4 Å². The van der Waals surface area contributed by atoms with Gasteiger partial charge in [-0.25, -0.2) is 0 Å². The van der Waals surface area contributed by atoms with Gasteiger partial charge in [-0.05, 0) is 56.0 Å². The van der Waals surface area contributed by atoms with Crippen molar-refractivity contribution in [3.05, 3.63) is 54.0 Å². The summed E-state index contributed by atoms with van der Waals surface area (Å²) in [5.74, 6) is -0.752. The lowest BCUT2D eigenvalue weighted by molar-refractivity contribution is -0.142. The molecule has 1 N–H and O–H groups in total. The van der Waals surface area contributed by atoms with E-state index in [1.165, 1.54) is 11.8 Å². The zero-order chi connectivity index (χ0) is 18.3. The second-order valence-corrected chi connectivity index (χ2v) is 8.07. The average molecular weight is 363 g/mol. The number of thioether (sulfide) groups is 1. The number of rotatable bonds is 4. The molecule has 1 aliphatic rings. The van der Waals surface area contributed by atoms with E-state index in [2.05, 4.69) is 11.1 Å². The quantitative estimate of drug-likeness (QED) is 0.748. The first-order chi connectivity index (χ1) is 12.5. The van der Waals surface area contributed by atoms with Gasteiger partial charge in [-0.3, -0.25) is 9.78 Å². The maximum atomic E-state index is 11.8. The van der Waals surface area contributed by atoms with Crippen LogP contribution in [0.1, 0.15) is 30.4 Å². The van der Waals surface area contributed by atoms with Crippen LogP contribution in [-0.2, 0) is 4.79 Å². The van der Waals surface area contributed by atoms with Crippen molar-refractivity contribution in [3.8, 4) is 17.3 Å². The fourth-order valence-corrected chi connectivity index (χ4v) is 4.77. The van der Waals surface area contributed by atoms with Crippen LogP contribution in [0.2, 0.25) is 0 Å². The number of nitriles is 1. The normalized spacial score (nSPS) is 15.4. The molecule has 1 fully saturated rings. The number of hydrogen-bond acceptors (Lipinski definition) is 4. The Morgan fingerprint density at radius 3 is 2.85 bits per heavy atom. The van der Waals surface area contributed by atoms with Gasteiger partial charge in [-0.15, -0.1) is 11.8 Å². The number of fused-ring (bicyclic) bond motifs is 1. The fourth-order valence-electron chi connectivity index (χ4n) is 3.38. The lowest BCUT2D eigenvalue weighted by Gasteiger charge is -2.37. The molecule has 130 valence electrons. The number of aromatic nitrogens is 2. The van der Waals surface area contributed by atoms with E-state index in [0.717, 1.165) is 33.7 Å². The van der Waals surface area contributed by atoms with E-state index in [1.807, 2.05) is 41.8 Å². The topological polar surface area (TPSA) is 78.4 Å².